The summed E-state index contributed by atoms with van der Waals surface area (Å²) in [6, 6.07) is 0. The minimum atomic E-state index is 0.514. The second kappa shape index (κ2) is 5.27. The van der Waals surface area contributed by atoms with Crippen LogP contribution in [-0.4, -0.2) is 0 Å². The van der Waals surface area contributed by atoms with E-state index in [0.29, 0.717) is 10.8 Å². The van der Waals surface area contributed by atoms with Crippen LogP contribution in [0.25, 0.3) is 0 Å². The Kier molecular flexibility index (Phi) is 4.36. The van der Waals surface area contributed by atoms with Gasteiger partial charge in [0.25, 0.3) is 0 Å². The lowest BCUT2D eigenvalue weighted by Crippen LogP contribution is -2.39. The van der Waals surface area contributed by atoms with Gasteiger partial charge in [-0.15, -0.1) is 0 Å². The molecule has 0 aromatic heterocycles. The Hall–Kier alpha value is 0. The molecule has 0 aromatic rings. The first kappa shape index (κ1) is 17.4. The van der Waals surface area contributed by atoms with Crippen molar-refractivity contribution in [2.24, 2.45) is 58.2 Å². The van der Waals surface area contributed by atoms with Crippen molar-refractivity contribution in [1.82, 2.24) is 0 Å². The highest BCUT2D eigenvalue weighted by Gasteiger charge is 2.57. The molecule has 0 bridgehead atoms. The fourth-order valence-corrected chi connectivity index (χ4v) is 6.52. The fraction of sp³-hybridized carbons (Fsp3) is 1.00. The summed E-state index contributed by atoms with van der Waals surface area (Å²) in [6.45, 7) is 25.3. The first-order chi connectivity index (χ1) is 9.48. The van der Waals surface area contributed by atoms with E-state index in [1.807, 2.05) is 0 Å². The first-order valence-corrected chi connectivity index (χ1v) is 9.48. The van der Waals surface area contributed by atoms with E-state index in [-0.39, 0.29) is 0 Å². The molecular weight excluding hydrogens is 252 g/mol. The summed E-state index contributed by atoms with van der Waals surface area (Å²) in [7, 11) is 0. The van der Waals surface area contributed by atoms with Gasteiger partial charge in [-0.3, -0.25) is 0 Å². The molecule has 0 radical (unpaired) electrons. The van der Waals surface area contributed by atoms with Crippen molar-refractivity contribution in [1.29, 1.82) is 0 Å². The Morgan fingerprint density at radius 2 is 0.667 bits per heavy atom. The molecule has 0 amide bonds. The van der Waals surface area contributed by atoms with Gasteiger partial charge in [-0.1, -0.05) is 69.2 Å². The lowest BCUT2D eigenvalue weighted by atomic mass is 9.59. The van der Waals surface area contributed by atoms with Gasteiger partial charge in [0.05, 0.1) is 0 Å². The van der Waals surface area contributed by atoms with E-state index in [1.165, 1.54) is 6.42 Å². The molecule has 2 saturated carbocycles. The molecule has 2 aliphatic rings. The second-order valence-corrected chi connectivity index (χ2v) is 9.78. The SMILES string of the molecule is CC1C(C)[C@H](C)C(C)(CC2(C)C(C)[C@H](C)C(C)[C@@H]2C)[C@@H]1C. The van der Waals surface area contributed by atoms with E-state index in [0.717, 1.165) is 47.3 Å². The average molecular weight is 293 g/mol. The standard InChI is InChI=1S/C21H40/c1-12-13(2)17(6)20(9,16(12)5)11-21(10)18(7)14(3)15(4)19(21)8/h12-19H,11H2,1-10H3/t12-,13?,14?,15?,16?,17+,18-,19+,20?,21?/m1/s1. The number of hydrogen-bond donors (Lipinski definition) is 0. The Labute approximate surface area is 134 Å². The highest BCUT2D eigenvalue weighted by atomic mass is 14.6. The third kappa shape index (κ3) is 2.22. The van der Waals surface area contributed by atoms with Gasteiger partial charge in [-0.2, -0.15) is 0 Å². The third-order valence-corrected chi connectivity index (χ3v) is 9.74. The zero-order valence-corrected chi connectivity index (χ0v) is 16.3. The monoisotopic (exact) mass is 292 g/mol. The molecule has 0 heteroatoms. The van der Waals surface area contributed by atoms with Crippen LogP contribution in [-0.2, 0) is 0 Å². The normalized spacial score (nSPS) is 61.4. The topological polar surface area (TPSA) is 0 Å². The summed E-state index contributed by atoms with van der Waals surface area (Å²) in [6.07, 6.45) is 1.42. The Morgan fingerprint density at radius 3 is 0.857 bits per heavy atom. The largest absolute Gasteiger partial charge is 0.0620 e. The Bertz CT molecular complexity index is 317. The van der Waals surface area contributed by atoms with E-state index < -0.39 is 0 Å². The molecule has 0 N–H and O–H groups in total. The van der Waals surface area contributed by atoms with E-state index in [1.54, 1.807) is 0 Å². The van der Waals surface area contributed by atoms with Crippen molar-refractivity contribution >= 4 is 0 Å². The minimum Gasteiger partial charge on any atom is -0.0620 e. The molecule has 0 spiro atoms. The van der Waals surface area contributed by atoms with Gasteiger partial charge >= 0.3 is 0 Å². The summed E-state index contributed by atoms with van der Waals surface area (Å²) in [5, 5.41) is 0. The van der Waals surface area contributed by atoms with Gasteiger partial charge in [0.1, 0.15) is 0 Å². The second-order valence-electron chi connectivity index (χ2n) is 9.78. The lowest BCUT2D eigenvalue weighted by molar-refractivity contribution is 0.0269. The Morgan fingerprint density at radius 1 is 0.476 bits per heavy atom. The predicted octanol–water partition coefficient (Wildman–Crippen LogP) is 6.51. The van der Waals surface area contributed by atoms with Crippen LogP contribution >= 0.6 is 0 Å². The molecule has 6 unspecified atom stereocenters. The van der Waals surface area contributed by atoms with Gasteiger partial charge in [0.15, 0.2) is 0 Å². The van der Waals surface area contributed by atoms with Crippen LogP contribution in [0.5, 0.6) is 0 Å². The minimum absolute atomic E-state index is 0.514. The maximum atomic E-state index is 2.61. The smallest absolute Gasteiger partial charge is 0.0264 e. The van der Waals surface area contributed by atoms with Crippen LogP contribution in [0.2, 0.25) is 0 Å². The van der Waals surface area contributed by atoms with Gasteiger partial charge < -0.3 is 0 Å². The quantitative estimate of drug-likeness (QED) is 0.544. The maximum Gasteiger partial charge on any atom is -0.0264 e. The summed E-state index contributed by atoms with van der Waals surface area (Å²) in [5.41, 5.74) is 1.03. The van der Waals surface area contributed by atoms with Crippen LogP contribution in [0.3, 0.4) is 0 Å². The predicted molar refractivity (Wildman–Crippen MR) is 94.1 cm³/mol. The highest BCUT2D eigenvalue weighted by Crippen LogP contribution is 2.64. The summed E-state index contributed by atoms with van der Waals surface area (Å²) < 4.78 is 0. The third-order valence-electron chi connectivity index (χ3n) is 9.74. The van der Waals surface area contributed by atoms with Crippen LogP contribution in [0.4, 0.5) is 0 Å². The van der Waals surface area contributed by atoms with E-state index in [2.05, 4.69) is 69.2 Å². The molecule has 10 atom stereocenters. The molecule has 124 valence electrons. The lowest BCUT2D eigenvalue weighted by Gasteiger charge is -2.46. The van der Waals surface area contributed by atoms with Crippen LogP contribution in [0.1, 0.15) is 75.7 Å². The molecule has 0 saturated heterocycles. The van der Waals surface area contributed by atoms with Crippen molar-refractivity contribution in [3.63, 3.8) is 0 Å². The van der Waals surface area contributed by atoms with E-state index >= 15 is 0 Å². The summed E-state index contributed by atoms with van der Waals surface area (Å²) in [4.78, 5) is 0. The number of hydrogen-bond acceptors (Lipinski definition) is 0. The van der Waals surface area contributed by atoms with Gasteiger partial charge in [-0.05, 0) is 64.6 Å². The summed E-state index contributed by atoms with van der Waals surface area (Å²) in [5.74, 6) is 6.89. The molecule has 0 aliphatic heterocycles. The zero-order chi connectivity index (χ0) is 16.3. The van der Waals surface area contributed by atoms with Crippen molar-refractivity contribution in [2.75, 3.05) is 0 Å². The molecule has 21 heavy (non-hydrogen) atoms. The fourth-order valence-electron chi connectivity index (χ4n) is 6.52. The summed E-state index contributed by atoms with van der Waals surface area (Å²) >= 11 is 0. The maximum absolute atomic E-state index is 2.61. The van der Waals surface area contributed by atoms with Crippen molar-refractivity contribution < 1.29 is 0 Å². The van der Waals surface area contributed by atoms with Crippen molar-refractivity contribution in [3.8, 4) is 0 Å². The van der Waals surface area contributed by atoms with E-state index in [4.69, 9.17) is 0 Å². The van der Waals surface area contributed by atoms with Crippen molar-refractivity contribution in [2.45, 2.75) is 75.7 Å². The van der Waals surface area contributed by atoms with Crippen LogP contribution < -0.4 is 0 Å². The zero-order valence-electron chi connectivity index (χ0n) is 16.3. The molecule has 2 fully saturated rings. The van der Waals surface area contributed by atoms with Crippen LogP contribution in [0, 0.1) is 58.2 Å². The van der Waals surface area contributed by atoms with Gasteiger partial charge in [0, 0.05) is 0 Å². The number of rotatable bonds is 2. The molecule has 2 aliphatic carbocycles. The average Bonchev–Trinajstić information content (AvgIpc) is 2.67. The van der Waals surface area contributed by atoms with Crippen molar-refractivity contribution in [3.05, 3.63) is 0 Å². The molecule has 0 aromatic carbocycles. The highest BCUT2D eigenvalue weighted by molar-refractivity contribution is 5.06. The van der Waals surface area contributed by atoms with Gasteiger partial charge in [0.2, 0.25) is 0 Å². The van der Waals surface area contributed by atoms with E-state index in [9.17, 15) is 0 Å². The molecule has 0 nitrogen and oxygen atoms in total. The van der Waals surface area contributed by atoms with Crippen LogP contribution in [0.15, 0.2) is 0 Å². The molecule has 2 rings (SSSR count). The van der Waals surface area contributed by atoms with Gasteiger partial charge in [-0.25, -0.2) is 0 Å². The first-order valence-electron chi connectivity index (χ1n) is 9.48. The Balaban J connectivity index is 2.32. The molecular formula is C21H40. The molecule has 0 heterocycles.